The third-order valence-corrected chi connectivity index (χ3v) is 8.14. The van der Waals surface area contributed by atoms with E-state index < -0.39 is 10.0 Å². The van der Waals surface area contributed by atoms with Crippen molar-refractivity contribution < 1.29 is 8.42 Å². The predicted molar refractivity (Wildman–Crippen MR) is 110 cm³/mol. The molecule has 0 N–H and O–H groups in total. The summed E-state index contributed by atoms with van der Waals surface area (Å²) in [6.07, 6.45) is 1.54. The van der Waals surface area contributed by atoms with E-state index in [1.807, 2.05) is 40.7 Å². The number of rotatable bonds is 3. The molecular formula is C21H26N4O2S. The fourth-order valence-electron chi connectivity index (χ4n) is 3.78. The highest BCUT2D eigenvalue weighted by Gasteiger charge is 2.32. The van der Waals surface area contributed by atoms with Crippen molar-refractivity contribution >= 4 is 15.8 Å². The maximum Gasteiger partial charge on any atom is 0.243 e. The molecule has 0 radical (unpaired) electrons. The van der Waals surface area contributed by atoms with E-state index in [-0.39, 0.29) is 0 Å². The van der Waals surface area contributed by atoms with Gasteiger partial charge in [0.25, 0.3) is 0 Å². The van der Waals surface area contributed by atoms with Gasteiger partial charge in [0.1, 0.15) is 11.9 Å². The Morgan fingerprint density at radius 1 is 0.893 bits per heavy atom. The number of aromatic nitrogens is 1. The van der Waals surface area contributed by atoms with Gasteiger partial charge in [0.2, 0.25) is 10.0 Å². The first-order valence-electron chi connectivity index (χ1n) is 9.36. The van der Waals surface area contributed by atoms with Gasteiger partial charge >= 0.3 is 0 Å². The number of hydrogen-bond donors (Lipinski definition) is 0. The average molecular weight is 399 g/mol. The molecule has 1 aliphatic heterocycles. The highest BCUT2D eigenvalue weighted by molar-refractivity contribution is 7.89. The maximum atomic E-state index is 13.4. The topological polar surface area (TPSA) is 77.3 Å². The van der Waals surface area contributed by atoms with Crippen LogP contribution in [0.5, 0.6) is 0 Å². The van der Waals surface area contributed by atoms with Gasteiger partial charge in [-0.25, -0.2) is 13.4 Å². The first-order valence-corrected chi connectivity index (χ1v) is 10.8. The molecule has 0 amide bonds. The molecule has 1 aromatic heterocycles. The molecule has 0 aliphatic carbocycles. The van der Waals surface area contributed by atoms with Gasteiger partial charge in [0.15, 0.2) is 0 Å². The Hall–Kier alpha value is -2.43. The molecule has 2 heterocycles. The van der Waals surface area contributed by atoms with Gasteiger partial charge in [-0.3, -0.25) is 0 Å². The second kappa shape index (κ2) is 7.53. The van der Waals surface area contributed by atoms with Crippen molar-refractivity contribution in [1.29, 1.82) is 5.26 Å². The fraction of sp³-hybridized carbons (Fsp3) is 0.429. The van der Waals surface area contributed by atoms with Crippen molar-refractivity contribution in [3.8, 4) is 6.07 Å². The van der Waals surface area contributed by atoms with Gasteiger partial charge in [0.05, 0.1) is 10.5 Å². The van der Waals surface area contributed by atoms with E-state index in [0.29, 0.717) is 36.6 Å². The lowest BCUT2D eigenvalue weighted by atomic mass is 9.95. The van der Waals surface area contributed by atoms with Crippen molar-refractivity contribution in [2.24, 2.45) is 0 Å². The summed E-state index contributed by atoms with van der Waals surface area (Å²) < 4.78 is 28.4. The summed E-state index contributed by atoms with van der Waals surface area (Å²) in [4.78, 5) is 6.83. The van der Waals surface area contributed by atoms with Crippen LogP contribution in [0.1, 0.15) is 33.4 Å². The minimum absolute atomic E-state index is 0.412. The Labute approximate surface area is 167 Å². The normalized spacial score (nSPS) is 15.5. The van der Waals surface area contributed by atoms with Crippen LogP contribution in [0.4, 0.5) is 5.82 Å². The lowest BCUT2D eigenvalue weighted by Crippen LogP contribution is -2.49. The number of anilines is 1. The van der Waals surface area contributed by atoms with Crippen molar-refractivity contribution in [2.75, 3.05) is 31.1 Å². The van der Waals surface area contributed by atoms with E-state index in [4.69, 9.17) is 5.26 Å². The van der Waals surface area contributed by atoms with E-state index >= 15 is 0 Å². The van der Waals surface area contributed by atoms with Crippen LogP contribution in [-0.4, -0.2) is 43.9 Å². The molecule has 0 saturated carbocycles. The first kappa shape index (κ1) is 20.3. The summed E-state index contributed by atoms with van der Waals surface area (Å²) >= 11 is 0. The Kier molecular flexibility index (Phi) is 5.46. The molecule has 0 unspecified atom stereocenters. The second-order valence-corrected chi connectivity index (χ2v) is 9.24. The van der Waals surface area contributed by atoms with Crippen LogP contribution in [0.3, 0.4) is 0 Å². The van der Waals surface area contributed by atoms with Gasteiger partial charge in [-0.2, -0.15) is 9.57 Å². The summed E-state index contributed by atoms with van der Waals surface area (Å²) in [5, 5.41) is 8.90. The molecule has 6 nitrogen and oxygen atoms in total. The molecule has 0 atom stereocenters. The molecule has 1 aromatic carbocycles. The third-order valence-electron chi connectivity index (χ3n) is 5.97. The largest absolute Gasteiger partial charge is 0.354 e. The summed E-state index contributed by atoms with van der Waals surface area (Å²) in [7, 11) is -3.56. The summed E-state index contributed by atoms with van der Waals surface area (Å²) in [6, 6.07) is 5.60. The second-order valence-electron chi connectivity index (χ2n) is 7.36. The summed E-state index contributed by atoms with van der Waals surface area (Å²) in [5.74, 6) is 0.769. The van der Waals surface area contributed by atoms with Crippen molar-refractivity contribution in [3.05, 3.63) is 51.7 Å². The Balaban J connectivity index is 1.85. The lowest BCUT2D eigenvalue weighted by molar-refractivity contribution is 0.383. The molecular weight excluding hydrogens is 372 g/mol. The molecule has 1 saturated heterocycles. The van der Waals surface area contributed by atoms with E-state index in [0.717, 1.165) is 33.6 Å². The average Bonchev–Trinajstić information content (AvgIpc) is 2.71. The SMILES string of the molecule is Cc1c(C)c(C)c(S(=O)(=O)N2CCN(c3ccc(C#N)cn3)CC2)c(C)c1C. The van der Waals surface area contributed by atoms with Gasteiger partial charge in [0, 0.05) is 32.4 Å². The van der Waals surface area contributed by atoms with Crippen LogP contribution >= 0.6 is 0 Å². The monoisotopic (exact) mass is 398 g/mol. The minimum Gasteiger partial charge on any atom is -0.354 e. The minimum atomic E-state index is -3.56. The van der Waals surface area contributed by atoms with Crippen molar-refractivity contribution in [1.82, 2.24) is 9.29 Å². The molecule has 1 aliphatic rings. The molecule has 0 bridgehead atoms. The fourth-order valence-corrected chi connectivity index (χ4v) is 5.76. The van der Waals surface area contributed by atoms with Gasteiger partial charge in [-0.1, -0.05) is 0 Å². The van der Waals surface area contributed by atoms with Crippen LogP contribution < -0.4 is 4.90 Å². The Morgan fingerprint density at radius 2 is 1.43 bits per heavy atom. The van der Waals surface area contributed by atoms with E-state index in [1.54, 1.807) is 16.6 Å². The van der Waals surface area contributed by atoms with Crippen molar-refractivity contribution in [3.63, 3.8) is 0 Å². The van der Waals surface area contributed by atoms with Crippen LogP contribution in [-0.2, 0) is 10.0 Å². The number of benzene rings is 1. The third kappa shape index (κ3) is 3.38. The molecule has 1 fully saturated rings. The van der Waals surface area contributed by atoms with E-state index in [2.05, 4.69) is 16.0 Å². The van der Waals surface area contributed by atoms with Crippen molar-refractivity contribution in [2.45, 2.75) is 39.5 Å². The van der Waals surface area contributed by atoms with Crippen LogP contribution in [0.15, 0.2) is 23.2 Å². The highest BCUT2D eigenvalue weighted by Crippen LogP contribution is 2.32. The van der Waals surface area contributed by atoms with Gasteiger partial charge in [-0.15, -0.1) is 0 Å². The van der Waals surface area contributed by atoms with Gasteiger partial charge in [-0.05, 0) is 74.6 Å². The molecule has 0 spiro atoms. The van der Waals surface area contributed by atoms with Crippen LogP contribution in [0.25, 0.3) is 0 Å². The quantitative estimate of drug-likeness (QED) is 0.794. The number of nitriles is 1. The summed E-state index contributed by atoms with van der Waals surface area (Å²) in [5.41, 5.74) is 5.45. The molecule has 2 aromatic rings. The number of nitrogens with zero attached hydrogens (tertiary/aromatic N) is 4. The Morgan fingerprint density at radius 3 is 1.89 bits per heavy atom. The summed E-state index contributed by atoms with van der Waals surface area (Å²) in [6.45, 7) is 11.8. The molecule has 7 heteroatoms. The van der Waals surface area contributed by atoms with Crippen LogP contribution in [0, 0.1) is 45.9 Å². The number of hydrogen-bond acceptors (Lipinski definition) is 5. The zero-order valence-corrected chi connectivity index (χ0v) is 17.9. The standard InChI is InChI=1S/C21H26N4O2S/c1-14-15(2)17(4)21(18(5)16(14)3)28(26,27)25-10-8-24(9-11-25)20-7-6-19(12-22)13-23-20/h6-7,13H,8-11H2,1-5H3. The van der Waals surface area contributed by atoms with E-state index in [9.17, 15) is 8.42 Å². The maximum absolute atomic E-state index is 13.4. The van der Waals surface area contributed by atoms with E-state index in [1.165, 1.54) is 0 Å². The van der Waals surface area contributed by atoms with Crippen LogP contribution in [0.2, 0.25) is 0 Å². The molecule has 28 heavy (non-hydrogen) atoms. The number of sulfonamides is 1. The van der Waals surface area contributed by atoms with Gasteiger partial charge < -0.3 is 4.90 Å². The zero-order valence-electron chi connectivity index (χ0n) is 17.1. The zero-order chi connectivity index (χ0) is 20.6. The smallest absolute Gasteiger partial charge is 0.243 e. The number of pyridine rings is 1. The number of piperazine rings is 1. The highest BCUT2D eigenvalue weighted by atomic mass is 32.2. The predicted octanol–water partition coefficient (Wildman–Crippen LogP) is 3.01. The lowest BCUT2D eigenvalue weighted by Gasteiger charge is -2.35. The molecule has 3 rings (SSSR count). The Bertz CT molecular complexity index is 1020. The first-order chi connectivity index (χ1) is 13.2. The molecule has 148 valence electrons.